The average molecular weight is 379 g/mol. The number of nitrogens with zero attached hydrogens (tertiary/aromatic N) is 2. The zero-order valence-electron chi connectivity index (χ0n) is 15.7. The molecule has 1 heterocycles. The minimum atomic E-state index is -3.39. The van der Waals surface area contributed by atoms with Crippen molar-refractivity contribution >= 4 is 16.0 Å². The fourth-order valence-corrected chi connectivity index (χ4v) is 4.79. The van der Waals surface area contributed by atoms with Crippen molar-refractivity contribution in [1.82, 2.24) is 14.9 Å². The van der Waals surface area contributed by atoms with E-state index in [0.29, 0.717) is 6.54 Å². The highest BCUT2D eigenvalue weighted by molar-refractivity contribution is 7.89. The van der Waals surface area contributed by atoms with Gasteiger partial charge in [-0.3, -0.25) is 0 Å². The van der Waals surface area contributed by atoms with E-state index < -0.39 is 10.0 Å². The molecule has 1 aliphatic heterocycles. The third-order valence-corrected chi connectivity index (χ3v) is 6.95. The molecule has 0 aromatic heterocycles. The Balaban J connectivity index is 1.68. The van der Waals surface area contributed by atoms with Crippen LogP contribution < -0.4 is 10.0 Å². The summed E-state index contributed by atoms with van der Waals surface area (Å²) in [6, 6.07) is 6.93. The normalized spacial score (nSPS) is 23.8. The number of guanidine groups is 1. The average Bonchev–Trinajstić information content (AvgIpc) is 3.09. The van der Waals surface area contributed by atoms with E-state index in [9.17, 15) is 8.42 Å². The Morgan fingerprint density at radius 2 is 1.77 bits per heavy atom. The molecule has 1 saturated carbocycles. The molecule has 1 saturated heterocycles. The van der Waals surface area contributed by atoms with E-state index in [-0.39, 0.29) is 4.90 Å². The molecule has 2 aliphatic rings. The first kappa shape index (κ1) is 19.2. The van der Waals surface area contributed by atoms with Crippen LogP contribution >= 0.6 is 0 Å². The molecule has 7 heteroatoms. The van der Waals surface area contributed by atoms with Crippen LogP contribution in [0.2, 0.25) is 0 Å². The number of sulfonamides is 1. The van der Waals surface area contributed by atoms with Crippen LogP contribution in [-0.2, 0) is 16.6 Å². The van der Waals surface area contributed by atoms with Gasteiger partial charge in [0.25, 0.3) is 0 Å². The van der Waals surface area contributed by atoms with Crippen LogP contribution in [-0.4, -0.2) is 46.0 Å². The smallest absolute Gasteiger partial charge is 0.240 e. The fourth-order valence-electron chi connectivity index (χ4n) is 4.06. The van der Waals surface area contributed by atoms with Gasteiger partial charge < -0.3 is 10.2 Å². The van der Waals surface area contributed by atoms with Gasteiger partial charge >= 0.3 is 0 Å². The van der Waals surface area contributed by atoms with Crippen molar-refractivity contribution in [2.75, 3.05) is 26.7 Å². The molecule has 26 heavy (non-hydrogen) atoms. The molecule has 2 N–H and O–H groups in total. The van der Waals surface area contributed by atoms with Crippen molar-refractivity contribution in [2.24, 2.45) is 16.8 Å². The molecule has 2 atom stereocenters. The van der Waals surface area contributed by atoms with Crippen molar-refractivity contribution in [2.45, 2.75) is 44.0 Å². The summed E-state index contributed by atoms with van der Waals surface area (Å²) in [4.78, 5) is 7.49. The Labute approximate surface area is 157 Å². The number of hydrogen-bond acceptors (Lipinski definition) is 3. The number of benzene rings is 1. The van der Waals surface area contributed by atoms with Crippen LogP contribution in [0.15, 0.2) is 34.2 Å². The standard InChI is InChI=1S/C19H30N4O2S/c1-3-21-19(23-13-16-6-4-5-7-17(16)14-23)22-12-15-8-10-18(11-9-15)26(24,25)20-2/h8-11,16-17,20H,3-7,12-14H2,1-2H3,(H,21,22). The van der Waals surface area contributed by atoms with Gasteiger partial charge in [0.15, 0.2) is 5.96 Å². The van der Waals surface area contributed by atoms with Crippen LogP contribution in [0.4, 0.5) is 0 Å². The maximum Gasteiger partial charge on any atom is 0.240 e. The van der Waals surface area contributed by atoms with Crippen molar-refractivity contribution in [1.29, 1.82) is 0 Å². The summed E-state index contributed by atoms with van der Waals surface area (Å²) in [6.07, 6.45) is 5.43. The van der Waals surface area contributed by atoms with Gasteiger partial charge in [-0.1, -0.05) is 25.0 Å². The second kappa shape index (κ2) is 8.39. The van der Waals surface area contributed by atoms with E-state index in [1.807, 2.05) is 12.1 Å². The number of rotatable bonds is 5. The monoisotopic (exact) mass is 378 g/mol. The van der Waals surface area contributed by atoms with E-state index >= 15 is 0 Å². The van der Waals surface area contributed by atoms with Crippen LogP contribution in [0.3, 0.4) is 0 Å². The van der Waals surface area contributed by atoms with Gasteiger partial charge in [0.05, 0.1) is 11.4 Å². The number of nitrogens with one attached hydrogen (secondary N) is 2. The Morgan fingerprint density at radius 3 is 2.31 bits per heavy atom. The summed E-state index contributed by atoms with van der Waals surface area (Å²) >= 11 is 0. The molecule has 1 aliphatic carbocycles. The van der Waals surface area contributed by atoms with Crippen LogP contribution in [0.1, 0.15) is 38.2 Å². The lowest BCUT2D eigenvalue weighted by atomic mass is 9.82. The van der Waals surface area contributed by atoms with E-state index in [0.717, 1.165) is 43.0 Å². The highest BCUT2D eigenvalue weighted by atomic mass is 32.2. The summed E-state index contributed by atoms with van der Waals surface area (Å²) < 4.78 is 25.9. The zero-order chi connectivity index (χ0) is 18.6. The van der Waals surface area contributed by atoms with Crippen LogP contribution in [0, 0.1) is 11.8 Å². The Hall–Kier alpha value is -1.60. The molecule has 0 spiro atoms. The molecule has 144 valence electrons. The van der Waals surface area contributed by atoms with Gasteiger partial charge in [0.2, 0.25) is 10.0 Å². The summed E-state index contributed by atoms with van der Waals surface area (Å²) in [5, 5.41) is 3.42. The van der Waals surface area contributed by atoms with E-state index in [2.05, 4.69) is 21.9 Å². The van der Waals surface area contributed by atoms with Crippen molar-refractivity contribution in [3.63, 3.8) is 0 Å². The van der Waals surface area contributed by atoms with Crippen molar-refractivity contribution < 1.29 is 8.42 Å². The second-order valence-electron chi connectivity index (χ2n) is 7.23. The van der Waals surface area contributed by atoms with E-state index in [1.165, 1.54) is 32.7 Å². The third kappa shape index (κ3) is 4.38. The third-order valence-electron chi connectivity index (χ3n) is 5.52. The minimum absolute atomic E-state index is 0.281. The number of fused-ring (bicyclic) bond motifs is 1. The maximum absolute atomic E-state index is 11.8. The number of likely N-dealkylation sites (tertiary alicyclic amines) is 1. The van der Waals surface area contributed by atoms with Crippen molar-refractivity contribution in [3.8, 4) is 0 Å². The maximum atomic E-state index is 11.8. The SMILES string of the molecule is CCNC(=NCc1ccc(S(=O)(=O)NC)cc1)N1CC2CCCCC2C1. The van der Waals surface area contributed by atoms with Gasteiger partial charge in [0.1, 0.15) is 0 Å². The molecule has 0 amide bonds. The Kier molecular flexibility index (Phi) is 6.19. The van der Waals surface area contributed by atoms with Crippen LogP contribution in [0.5, 0.6) is 0 Å². The zero-order valence-corrected chi connectivity index (χ0v) is 16.6. The molecule has 2 unspecified atom stereocenters. The van der Waals surface area contributed by atoms with Gasteiger partial charge in [0, 0.05) is 19.6 Å². The van der Waals surface area contributed by atoms with Gasteiger partial charge in [-0.15, -0.1) is 0 Å². The lowest BCUT2D eigenvalue weighted by Gasteiger charge is -2.22. The molecular formula is C19H30N4O2S. The molecule has 3 rings (SSSR count). The second-order valence-corrected chi connectivity index (χ2v) is 9.12. The quantitative estimate of drug-likeness (QED) is 0.608. The van der Waals surface area contributed by atoms with E-state index in [4.69, 9.17) is 4.99 Å². The number of hydrogen-bond donors (Lipinski definition) is 2. The van der Waals surface area contributed by atoms with Crippen LogP contribution in [0.25, 0.3) is 0 Å². The van der Waals surface area contributed by atoms with Crippen molar-refractivity contribution in [3.05, 3.63) is 29.8 Å². The Bertz CT molecular complexity index is 716. The number of aliphatic imine (C=N–C) groups is 1. The Morgan fingerprint density at radius 1 is 1.15 bits per heavy atom. The molecular weight excluding hydrogens is 348 g/mol. The highest BCUT2D eigenvalue weighted by Crippen LogP contribution is 2.35. The summed E-state index contributed by atoms with van der Waals surface area (Å²) in [5.74, 6) is 2.62. The first-order valence-corrected chi connectivity index (χ1v) is 11.1. The van der Waals surface area contributed by atoms with E-state index in [1.54, 1.807) is 12.1 Å². The largest absolute Gasteiger partial charge is 0.357 e. The minimum Gasteiger partial charge on any atom is -0.357 e. The first-order chi connectivity index (χ1) is 12.5. The lowest BCUT2D eigenvalue weighted by Crippen LogP contribution is -2.40. The molecule has 2 fully saturated rings. The lowest BCUT2D eigenvalue weighted by molar-refractivity contribution is 0.299. The predicted molar refractivity (Wildman–Crippen MR) is 105 cm³/mol. The van der Waals surface area contributed by atoms with Gasteiger partial charge in [-0.25, -0.2) is 18.1 Å². The molecule has 0 radical (unpaired) electrons. The fraction of sp³-hybridized carbons (Fsp3) is 0.632. The molecule has 0 bridgehead atoms. The summed E-state index contributed by atoms with van der Waals surface area (Å²) in [7, 11) is -1.97. The molecule has 1 aromatic rings. The first-order valence-electron chi connectivity index (χ1n) is 9.59. The molecule has 6 nitrogen and oxygen atoms in total. The van der Waals surface area contributed by atoms with Gasteiger partial charge in [-0.2, -0.15) is 0 Å². The molecule has 1 aromatic carbocycles. The predicted octanol–water partition coefficient (Wildman–Crippen LogP) is 2.18. The summed E-state index contributed by atoms with van der Waals surface area (Å²) in [5.41, 5.74) is 1.01. The topological polar surface area (TPSA) is 73.8 Å². The highest BCUT2D eigenvalue weighted by Gasteiger charge is 2.35. The van der Waals surface area contributed by atoms with Gasteiger partial charge in [-0.05, 0) is 56.3 Å². The summed E-state index contributed by atoms with van der Waals surface area (Å²) in [6.45, 7) is 5.71.